The third-order valence-electron chi connectivity index (χ3n) is 3.94. The number of nitrogens with one attached hydrogen (secondary N) is 1. The summed E-state index contributed by atoms with van der Waals surface area (Å²) in [5, 5.41) is 7.75. The Morgan fingerprint density at radius 1 is 1.18 bits per heavy atom. The van der Waals surface area contributed by atoms with Crippen LogP contribution in [-0.2, 0) is 13.2 Å². The van der Waals surface area contributed by atoms with Crippen molar-refractivity contribution >= 4 is 0 Å². The van der Waals surface area contributed by atoms with Gasteiger partial charge in [0, 0.05) is 0 Å². The summed E-state index contributed by atoms with van der Waals surface area (Å²) in [6.07, 6.45) is 0. The van der Waals surface area contributed by atoms with Crippen molar-refractivity contribution in [3.05, 3.63) is 68.1 Å². The lowest BCUT2D eigenvalue weighted by atomic mass is 10.2. The molecule has 1 N–H and O–H groups in total. The fourth-order valence-electron chi connectivity index (χ4n) is 2.67. The van der Waals surface area contributed by atoms with Gasteiger partial charge in [0.05, 0.1) is 12.2 Å². The van der Waals surface area contributed by atoms with Crippen LogP contribution in [0, 0.1) is 13.8 Å². The fourth-order valence-corrected chi connectivity index (χ4v) is 2.67. The smallest absolute Gasteiger partial charge is 0.440 e. The third kappa shape index (κ3) is 3.49. The average molecular weight is 385 g/mol. The van der Waals surface area contributed by atoms with Gasteiger partial charge in [0.15, 0.2) is 6.61 Å². The number of H-pyrrole nitrogens is 1. The zero-order valence-corrected chi connectivity index (χ0v) is 15.0. The molecule has 3 aromatic heterocycles. The molecule has 0 bridgehead atoms. The molecule has 4 rings (SSSR count). The maximum Gasteiger partial charge on any atom is 0.440 e. The van der Waals surface area contributed by atoms with Gasteiger partial charge in [0.25, 0.3) is 5.89 Å². The van der Waals surface area contributed by atoms with Crippen LogP contribution >= 0.6 is 0 Å². The second-order valence-corrected chi connectivity index (χ2v) is 6.00. The van der Waals surface area contributed by atoms with Crippen molar-refractivity contribution in [1.29, 1.82) is 0 Å². The monoisotopic (exact) mass is 385 g/mol. The highest BCUT2D eigenvalue weighted by molar-refractivity contribution is 5.57. The van der Waals surface area contributed by atoms with Crippen LogP contribution in [0.5, 0.6) is 5.75 Å². The Balaban J connectivity index is 1.45. The van der Waals surface area contributed by atoms with E-state index >= 15 is 0 Å². The van der Waals surface area contributed by atoms with Gasteiger partial charge in [-0.3, -0.25) is 0 Å². The second-order valence-electron chi connectivity index (χ2n) is 6.00. The van der Waals surface area contributed by atoms with Gasteiger partial charge in [-0.2, -0.15) is 4.98 Å². The molecule has 11 nitrogen and oxygen atoms in total. The minimum atomic E-state index is -0.802. The van der Waals surface area contributed by atoms with Gasteiger partial charge < -0.3 is 18.3 Å². The van der Waals surface area contributed by atoms with Gasteiger partial charge in [0.2, 0.25) is 5.82 Å². The van der Waals surface area contributed by atoms with E-state index < -0.39 is 11.4 Å². The summed E-state index contributed by atoms with van der Waals surface area (Å²) in [5.41, 5.74) is 1.42. The maximum absolute atomic E-state index is 11.5. The number of aromatic nitrogens is 5. The van der Waals surface area contributed by atoms with Crippen LogP contribution in [0.1, 0.15) is 22.8 Å². The van der Waals surface area contributed by atoms with E-state index in [-0.39, 0.29) is 13.2 Å². The number of ether oxygens (including phenoxy) is 1. The van der Waals surface area contributed by atoms with E-state index in [1.165, 1.54) is 0 Å². The molecular formula is C17H15N5O6. The Bertz CT molecular complexity index is 1210. The van der Waals surface area contributed by atoms with Crippen molar-refractivity contribution in [3.8, 4) is 17.2 Å². The lowest BCUT2D eigenvalue weighted by Crippen LogP contribution is -2.17. The largest absolute Gasteiger partial charge is 0.485 e. The van der Waals surface area contributed by atoms with Gasteiger partial charge >= 0.3 is 11.4 Å². The molecule has 0 saturated carbocycles. The molecule has 0 aliphatic heterocycles. The lowest BCUT2D eigenvalue weighted by molar-refractivity contribution is 0.257. The zero-order chi connectivity index (χ0) is 19.7. The predicted molar refractivity (Wildman–Crippen MR) is 92.7 cm³/mol. The lowest BCUT2D eigenvalue weighted by Gasteiger charge is -2.05. The van der Waals surface area contributed by atoms with E-state index in [0.717, 1.165) is 4.74 Å². The highest BCUT2D eigenvalue weighted by atomic mass is 16.5. The van der Waals surface area contributed by atoms with Crippen LogP contribution in [-0.4, -0.2) is 25.0 Å². The van der Waals surface area contributed by atoms with Crippen molar-refractivity contribution in [2.24, 2.45) is 0 Å². The molecular weight excluding hydrogens is 370 g/mol. The van der Waals surface area contributed by atoms with Crippen molar-refractivity contribution in [3.63, 3.8) is 0 Å². The summed E-state index contributed by atoms with van der Waals surface area (Å²) < 4.78 is 21.7. The number of hydrogen-bond donors (Lipinski definition) is 1. The number of benzene rings is 1. The Morgan fingerprint density at radius 2 is 2.04 bits per heavy atom. The van der Waals surface area contributed by atoms with E-state index in [9.17, 15) is 9.59 Å². The number of rotatable bonds is 6. The second kappa shape index (κ2) is 7.02. The van der Waals surface area contributed by atoms with E-state index in [1.807, 2.05) is 4.98 Å². The number of nitrogens with zero attached hydrogens (tertiary/aromatic N) is 4. The van der Waals surface area contributed by atoms with E-state index in [2.05, 4.69) is 15.3 Å². The Kier molecular flexibility index (Phi) is 4.39. The van der Waals surface area contributed by atoms with Crippen LogP contribution in [0.2, 0.25) is 0 Å². The van der Waals surface area contributed by atoms with Crippen molar-refractivity contribution in [1.82, 2.24) is 25.0 Å². The van der Waals surface area contributed by atoms with Crippen LogP contribution in [0.15, 0.2) is 47.4 Å². The third-order valence-corrected chi connectivity index (χ3v) is 3.94. The summed E-state index contributed by atoms with van der Waals surface area (Å²) in [6, 6.07) is 6.99. The quantitative estimate of drug-likeness (QED) is 0.521. The standard InChI is InChI=1S/C17H15N5O6/c1-9-14(10(2)26-20-9)15-18-13(21-27-15)8-25-12-5-3-4-11(6-12)7-22-16(23)19-17(24)28-22/h3-6H,7-8H2,1-2H3,(H,19,23,24). The summed E-state index contributed by atoms with van der Waals surface area (Å²) in [6.45, 7) is 3.72. The Labute approximate surface area is 156 Å². The molecule has 4 aromatic rings. The summed E-state index contributed by atoms with van der Waals surface area (Å²) >= 11 is 0. The first-order valence-corrected chi connectivity index (χ1v) is 8.27. The molecule has 11 heteroatoms. The topological polar surface area (TPSA) is 142 Å². The van der Waals surface area contributed by atoms with Gasteiger partial charge in [-0.25, -0.2) is 14.6 Å². The highest BCUT2D eigenvalue weighted by Gasteiger charge is 2.18. The molecule has 0 spiro atoms. The molecule has 0 saturated heterocycles. The van der Waals surface area contributed by atoms with Crippen LogP contribution in [0.4, 0.5) is 0 Å². The Hall–Kier alpha value is -3.89. The summed E-state index contributed by atoms with van der Waals surface area (Å²) in [7, 11) is 0. The summed E-state index contributed by atoms with van der Waals surface area (Å²) in [5.74, 6) is 0.988. The first-order chi connectivity index (χ1) is 13.5. The Morgan fingerprint density at radius 3 is 2.75 bits per heavy atom. The van der Waals surface area contributed by atoms with Crippen LogP contribution in [0.3, 0.4) is 0 Å². The average Bonchev–Trinajstić information content (AvgIpc) is 3.33. The molecule has 0 amide bonds. The van der Waals surface area contributed by atoms with E-state index in [4.69, 9.17) is 18.3 Å². The SMILES string of the molecule is Cc1noc(C)c1-c1nc(COc2cccc(Cn3oc(=O)[nH]c3=O)c2)no1. The van der Waals surface area contributed by atoms with E-state index in [0.29, 0.717) is 40.0 Å². The molecule has 0 aliphatic carbocycles. The van der Waals surface area contributed by atoms with Crippen LogP contribution in [0.25, 0.3) is 11.5 Å². The first-order valence-electron chi connectivity index (χ1n) is 8.27. The van der Waals surface area contributed by atoms with Crippen molar-refractivity contribution in [2.75, 3.05) is 0 Å². The van der Waals surface area contributed by atoms with Gasteiger partial charge in [-0.1, -0.05) is 22.4 Å². The minimum Gasteiger partial charge on any atom is -0.485 e. The maximum atomic E-state index is 11.5. The molecule has 144 valence electrons. The van der Waals surface area contributed by atoms with Crippen LogP contribution < -0.4 is 16.2 Å². The number of aromatic amines is 1. The molecule has 1 aromatic carbocycles. The van der Waals surface area contributed by atoms with Gasteiger partial charge in [-0.05, 0) is 31.5 Å². The molecule has 0 radical (unpaired) electrons. The summed E-state index contributed by atoms with van der Waals surface area (Å²) in [4.78, 5) is 28.9. The zero-order valence-electron chi connectivity index (χ0n) is 15.0. The molecule has 3 heterocycles. The highest BCUT2D eigenvalue weighted by Crippen LogP contribution is 2.25. The fraction of sp³-hybridized carbons (Fsp3) is 0.235. The number of aryl methyl sites for hydroxylation is 2. The molecule has 0 unspecified atom stereocenters. The predicted octanol–water partition coefficient (Wildman–Crippen LogP) is 1.41. The molecule has 0 aliphatic rings. The number of hydrogen-bond acceptors (Lipinski definition) is 9. The normalized spacial score (nSPS) is 11.1. The van der Waals surface area contributed by atoms with Crippen molar-refractivity contribution in [2.45, 2.75) is 27.0 Å². The van der Waals surface area contributed by atoms with Gasteiger partial charge in [-0.15, -0.1) is 4.74 Å². The minimum absolute atomic E-state index is 0.0789. The van der Waals surface area contributed by atoms with Crippen molar-refractivity contribution < 1.29 is 18.3 Å². The molecule has 28 heavy (non-hydrogen) atoms. The van der Waals surface area contributed by atoms with Gasteiger partial charge in [0.1, 0.15) is 17.1 Å². The molecule has 0 fully saturated rings. The molecule has 0 atom stereocenters. The van der Waals surface area contributed by atoms with E-state index in [1.54, 1.807) is 38.1 Å². The first kappa shape index (κ1) is 17.5.